The summed E-state index contributed by atoms with van der Waals surface area (Å²) in [5.41, 5.74) is 7.84. The van der Waals surface area contributed by atoms with Gasteiger partial charge in [-0.1, -0.05) is 0 Å². The molecule has 0 spiro atoms. The normalized spacial score (nSPS) is 19.4. The lowest BCUT2D eigenvalue weighted by Gasteiger charge is -2.30. The molecule has 0 aliphatic carbocycles. The highest BCUT2D eigenvalue weighted by molar-refractivity contribution is 5.55. The van der Waals surface area contributed by atoms with Crippen molar-refractivity contribution in [3.05, 3.63) is 29.6 Å². The van der Waals surface area contributed by atoms with Crippen LogP contribution in [0.4, 0.5) is 10.1 Å². The van der Waals surface area contributed by atoms with Gasteiger partial charge in [-0.15, -0.1) is 0 Å². The van der Waals surface area contributed by atoms with Crippen LogP contribution in [0.15, 0.2) is 18.2 Å². The van der Waals surface area contributed by atoms with E-state index in [-0.39, 0.29) is 5.82 Å². The van der Waals surface area contributed by atoms with Gasteiger partial charge in [0.2, 0.25) is 0 Å². The summed E-state index contributed by atoms with van der Waals surface area (Å²) >= 11 is 0. The smallest absolute Gasteiger partial charge is 0.123 e. The highest BCUT2D eigenvalue weighted by atomic mass is 19.1. The van der Waals surface area contributed by atoms with E-state index in [2.05, 4.69) is 23.9 Å². The third-order valence-corrected chi connectivity index (χ3v) is 3.72. The van der Waals surface area contributed by atoms with Gasteiger partial charge in [-0.3, -0.25) is 0 Å². The zero-order chi connectivity index (χ0) is 13.8. The van der Waals surface area contributed by atoms with Crippen LogP contribution in [0.25, 0.3) is 0 Å². The van der Waals surface area contributed by atoms with Gasteiger partial charge in [0.05, 0.1) is 0 Å². The van der Waals surface area contributed by atoms with Crippen LogP contribution in [-0.4, -0.2) is 44.7 Å². The van der Waals surface area contributed by atoms with Crippen molar-refractivity contribution in [1.29, 1.82) is 0 Å². The van der Waals surface area contributed by atoms with Crippen molar-refractivity contribution in [1.82, 2.24) is 4.90 Å². The Labute approximate surface area is 115 Å². The van der Waals surface area contributed by atoms with E-state index in [0.29, 0.717) is 12.6 Å². The van der Waals surface area contributed by atoms with Crippen LogP contribution in [0.5, 0.6) is 0 Å². The Balaban J connectivity index is 2.24. The average Bonchev–Trinajstić information content (AvgIpc) is 2.77. The quantitative estimate of drug-likeness (QED) is 0.882. The summed E-state index contributed by atoms with van der Waals surface area (Å²) in [6.45, 7) is 2.66. The maximum absolute atomic E-state index is 13.4. The number of hydrogen-bond donors (Lipinski definition) is 1. The molecule has 0 bridgehead atoms. The van der Waals surface area contributed by atoms with Crippen molar-refractivity contribution in [2.45, 2.75) is 25.3 Å². The summed E-state index contributed by atoms with van der Waals surface area (Å²) in [6.07, 6.45) is 3.15. The molecule has 4 heteroatoms. The van der Waals surface area contributed by atoms with E-state index >= 15 is 0 Å². The number of nitrogens with two attached hydrogens (primary N) is 1. The van der Waals surface area contributed by atoms with Crippen molar-refractivity contribution >= 4 is 5.69 Å². The van der Waals surface area contributed by atoms with Gasteiger partial charge in [0.15, 0.2) is 0 Å². The SMILES string of the molecule is CN(C)CC1CCCN1c1ccc(F)cc1CCN. The summed E-state index contributed by atoms with van der Waals surface area (Å²) in [6, 6.07) is 5.62. The first-order chi connectivity index (χ1) is 9.11. The van der Waals surface area contributed by atoms with Crippen LogP contribution in [0.1, 0.15) is 18.4 Å². The largest absolute Gasteiger partial charge is 0.367 e. The van der Waals surface area contributed by atoms with E-state index in [9.17, 15) is 4.39 Å². The van der Waals surface area contributed by atoms with E-state index < -0.39 is 0 Å². The molecule has 0 aromatic heterocycles. The monoisotopic (exact) mass is 265 g/mol. The number of rotatable bonds is 5. The van der Waals surface area contributed by atoms with Crippen molar-refractivity contribution in [3.8, 4) is 0 Å². The van der Waals surface area contributed by atoms with Gasteiger partial charge in [-0.2, -0.15) is 0 Å². The summed E-state index contributed by atoms with van der Waals surface area (Å²) in [5.74, 6) is -0.171. The van der Waals surface area contributed by atoms with Crippen molar-refractivity contribution in [3.63, 3.8) is 0 Å². The van der Waals surface area contributed by atoms with E-state index in [0.717, 1.165) is 30.8 Å². The Morgan fingerprint density at radius 1 is 1.42 bits per heavy atom. The highest BCUT2D eigenvalue weighted by Crippen LogP contribution is 2.29. The molecule has 1 aliphatic heterocycles. The first-order valence-electron chi connectivity index (χ1n) is 7.01. The molecule has 0 amide bonds. The van der Waals surface area contributed by atoms with Crippen molar-refractivity contribution in [2.24, 2.45) is 5.73 Å². The molecule has 1 fully saturated rings. The summed E-state index contributed by atoms with van der Waals surface area (Å²) < 4.78 is 13.4. The molecule has 1 aromatic rings. The molecule has 2 rings (SSSR count). The molecule has 1 heterocycles. The van der Waals surface area contributed by atoms with Crippen LogP contribution in [-0.2, 0) is 6.42 Å². The van der Waals surface area contributed by atoms with Crippen LogP contribution in [0.3, 0.4) is 0 Å². The van der Waals surface area contributed by atoms with Crippen molar-refractivity contribution in [2.75, 3.05) is 38.6 Å². The number of halogens is 1. The molecule has 2 N–H and O–H groups in total. The van der Waals surface area contributed by atoms with Gasteiger partial charge in [-0.25, -0.2) is 4.39 Å². The van der Waals surface area contributed by atoms with E-state index in [1.807, 2.05) is 6.07 Å². The highest BCUT2D eigenvalue weighted by Gasteiger charge is 2.26. The number of hydrogen-bond acceptors (Lipinski definition) is 3. The molecule has 3 nitrogen and oxygen atoms in total. The molecule has 1 unspecified atom stereocenters. The minimum absolute atomic E-state index is 0.171. The van der Waals surface area contributed by atoms with Gasteiger partial charge in [0.25, 0.3) is 0 Å². The maximum Gasteiger partial charge on any atom is 0.123 e. The number of likely N-dealkylation sites (N-methyl/N-ethyl adjacent to an activating group) is 1. The summed E-state index contributed by atoms with van der Waals surface area (Å²) in [5, 5.41) is 0. The fourth-order valence-corrected chi connectivity index (χ4v) is 2.95. The van der Waals surface area contributed by atoms with Gasteiger partial charge >= 0.3 is 0 Å². The fourth-order valence-electron chi connectivity index (χ4n) is 2.95. The molecule has 1 atom stereocenters. The standard InChI is InChI=1S/C15H24FN3/c1-18(2)11-14-4-3-9-19(14)15-6-5-13(16)10-12(15)7-8-17/h5-6,10,14H,3-4,7-9,11,17H2,1-2H3. The Morgan fingerprint density at radius 3 is 2.89 bits per heavy atom. The molecular weight excluding hydrogens is 241 g/mol. The fraction of sp³-hybridized carbons (Fsp3) is 0.600. The predicted molar refractivity (Wildman–Crippen MR) is 78.1 cm³/mol. The van der Waals surface area contributed by atoms with E-state index in [4.69, 9.17) is 5.73 Å². The Bertz CT molecular complexity index is 420. The minimum atomic E-state index is -0.171. The van der Waals surface area contributed by atoms with Crippen LogP contribution >= 0.6 is 0 Å². The third kappa shape index (κ3) is 3.45. The van der Waals surface area contributed by atoms with E-state index in [1.165, 1.54) is 12.8 Å². The number of nitrogens with zero attached hydrogens (tertiary/aromatic N) is 2. The lowest BCUT2D eigenvalue weighted by Crippen LogP contribution is -2.38. The van der Waals surface area contributed by atoms with E-state index in [1.54, 1.807) is 12.1 Å². The zero-order valence-electron chi connectivity index (χ0n) is 11.9. The van der Waals surface area contributed by atoms with Gasteiger partial charge in [0.1, 0.15) is 5.82 Å². The second kappa shape index (κ2) is 6.35. The first-order valence-corrected chi connectivity index (χ1v) is 7.01. The second-order valence-corrected chi connectivity index (χ2v) is 5.56. The topological polar surface area (TPSA) is 32.5 Å². The van der Waals surface area contributed by atoms with Gasteiger partial charge < -0.3 is 15.5 Å². The van der Waals surface area contributed by atoms with Crippen molar-refractivity contribution < 1.29 is 4.39 Å². The Hall–Kier alpha value is -1.13. The average molecular weight is 265 g/mol. The second-order valence-electron chi connectivity index (χ2n) is 5.56. The molecule has 1 aliphatic rings. The number of anilines is 1. The van der Waals surface area contributed by atoms with Gasteiger partial charge in [0, 0.05) is 24.8 Å². The van der Waals surface area contributed by atoms with Crippen LogP contribution < -0.4 is 10.6 Å². The Morgan fingerprint density at radius 2 is 2.21 bits per heavy atom. The van der Waals surface area contributed by atoms with Crippen LogP contribution in [0, 0.1) is 5.82 Å². The molecule has 19 heavy (non-hydrogen) atoms. The van der Waals surface area contributed by atoms with Crippen LogP contribution in [0.2, 0.25) is 0 Å². The lowest BCUT2D eigenvalue weighted by atomic mass is 10.1. The first kappa shape index (κ1) is 14.3. The molecule has 1 saturated heterocycles. The summed E-state index contributed by atoms with van der Waals surface area (Å²) in [7, 11) is 4.20. The predicted octanol–water partition coefficient (Wildman–Crippen LogP) is 1.86. The summed E-state index contributed by atoms with van der Waals surface area (Å²) in [4.78, 5) is 4.64. The minimum Gasteiger partial charge on any atom is -0.367 e. The molecule has 0 saturated carbocycles. The molecule has 1 aromatic carbocycles. The molecular formula is C15H24FN3. The van der Waals surface area contributed by atoms with Gasteiger partial charge in [-0.05, 0) is 63.7 Å². The molecule has 0 radical (unpaired) electrons. The third-order valence-electron chi connectivity index (χ3n) is 3.72. The maximum atomic E-state index is 13.4. The molecule has 106 valence electrons. The Kier molecular flexibility index (Phi) is 4.77. The number of benzene rings is 1. The lowest BCUT2D eigenvalue weighted by molar-refractivity contribution is 0.372. The zero-order valence-corrected chi connectivity index (χ0v) is 11.9.